The van der Waals surface area contributed by atoms with Crippen molar-refractivity contribution in [3.63, 3.8) is 0 Å². The van der Waals surface area contributed by atoms with Crippen LogP contribution in [0.1, 0.15) is 27.5 Å². The molecule has 3 heterocycles. The molecule has 0 atom stereocenters. The number of carbonyl (C=O) groups excluding carboxylic acids is 1. The summed E-state index contributed by atoms with van der Waals surface area (Å²) in [5, 5.41) is 7.63. The van der Waals surface area contributed by atoms with Gasteiger partial charge in [-0.1, -0.05) is 22.9 Å². The highest BCUT2D eigenvalue weighted by molar-refractivity contribution is 5.98. The van der Waals surface area contributed by atoms with Gasteiger partial charge in [0, 0.05) is 11.6 Å². The Kier molecular flexibility index (Phi) is 4.33. The molecule has 1 aromatic carbocycles. The highest BCUT2D eigenvalue weighted by atomic mass is 16.5. The first kappa shape index (κ1) is 16.8. The number of aromatic nitrogens is 4. The van der Waals surface area contributed by atoms with E-state index in [2.05, 4.69) is 25.4 Å². The average Bonchev–Trinajstić information content (AvgIpc) is 3.16. The molecule has 7 heteroatoms. The van der Waals surface area contributed by atoms with Crippen LogP contribution in [0.3, 0.4) is 0 Å². The zero-order valence-electron chi connectivity index (χ0n) is 14.9. The number of benzene rings is 1. The Labute approximate surface area is 155 Å². The van der Waals surface area contributed by atoms with Crippen LogP contribution in [0, 0.1) is 13.8 Å². The van der Waals surface area contributed by atoms with Crippen LogP contribution in [0.25, 0.3) is 22.4 Å². The summed E-state index contributed by atoms with van der Waals surface area (Å²) in [5.41, 5.74) is 3.80. The molecule has 0 fully saturated rings. The maximum atomic E-state index is 12.6. The van der Waals surface area contributed by atoms with Gasteiger partial charge in [-0.15, -0.1) is 0 Å². The molecule has 0 unspecified atom stereocenters. The number of nitrogens with zero attached hydrogens (tertiary/aromatic N) is 4. The summed E-state index contributed by atoms with van der Waals surface area (Å²) in [7, 11) is 0. The van der Waals surface area contributed by atoms with Gasteiger partial charge >= 0.3 is 0 Å². The molecule has 0 bridgehead atoms. The summed E-state index contributed by atoms with van der Waals surface area (Å²) in [5.74, 6) is 0.464. The Morgan fingerprint density at radius 1 is 1.11 bits per heavy atom. The summed E-state index contributed by atoms with van der Waals surface area (Å²) in [6, 6.07) is 13.3. The predicted octanol–water partition coefficient (Wildman–Crippen LogP) is 3.23. The van der Waals surface area contributed by atoms with Crippen LogP contribution in [0.2, 0.25) is 0 Å². The molecular weight excluding hydrogens is 342 g/mol. The second-order valence-electron chi connectivity index (χ2n) is 6.23. The van der Waals surface area contributed by atoms with Gasteiger partial charge in [-0.25, -0.2) is 0 Å². The van der Waals surface area contributed by atoms with E-state index in [1.165, 1.54) is 0 Å². The first-order valence-corrected chi connectivity index (χ1v) is 8.50. The Balaban J connectivity index is 1.51. The van der Waals surface area contributed by atoms with Crippen molar-refractivity contribution in [1.82, 2.24) is 25.4 Å². The van der Waals surface area contributed by atoms with Crippen LogP contribution >= 0.6 is 0 Å². The van der Waals surface area contributed by atoms with Gasteiger partial charge < -0.3 is 9.84 Å². The second kappa shape index (κ2) is 6.95. The molecular formula is C20H17N5O2. The quantitative estimate of drug-likeness (QED) is 0.601. The monoisotopic (exact) mass is 359 g/mol. The molecule has 0 radical (unpaired) electrons. The molecule has 27 heavy (non-hydrogen) atoms. The minimum atomic E-state index is -0.235. The van der Waals surface area contributed by atoms with Crippen molar-refractivity contribution >= 4 is 16.8 Å². The van der Waals surface area contributed by atoms with Crippen molar-refractivity contribution in [3.8, 4) is 11.5 Å². The van der Waals surface area contributed by atoms with E-state index in [1.807, 2.05) is 50.2 Å². The van der Waals surface area contributed by atoms with Crippen LogP contribution in [0.5, 0.6) is 0 Å². The summed E-state index contributed by atoms with van der Waals surface area (Å²) < 4.78 is 5.19. The number of pyridine rings is 2. The summed E-state index contributed by atoms with van der Waals surface area (Å²) in [4.78, 5) is 25.5. The predicted molar refractivity (Wildman–Crippen MR) is 99.9 cm³/mol. The standard InChI is InChI=1S/C20H17N5O2/c1-12-6-7-16-14(9-12)10-15(13(2)23-16)20(26)22-11-18-24-19(25-27-18)17-5-3-4-8-21-17/h3-10H,11H2,1-2H3,(H,22,26). The Hall–Kier alpha value is -3.61. The number of rotatable bonds is 4. The maximum absolute atomic E-state index is 12.6. The fourth-order valence-electron chi connectivity index (χ4n) is 2.80. The van der Waals surface area contributed by atoms with Crippen molar-refractivity contribution in [2.24, 2.45) is 0 Å². The smallest absolute Gasteiger partial charge is 0.253 e. The molecule has 0 spiro atoms. The SMILES string of the molecule is Cc1ccc2nc(C)c(C(=O)NCc3nc(-c4ccccn4)no3)cc2c1. The first-order chi connectivity index (χ1) is 13.1. The van der Waals surface area contributed by atoms with Crippen LogP contribution in [0.15, 0.2) is 53.2 Å². The largest absolute Gasteiger partial charge is 0.343 e. The third-order valence-electron chi connectivity index (χ3n) is 4.17. The zero-order valence-corrected chi connectivity index (χ0v) is 14.9. The van der Waals surface area contributed by atoms with Gasteiger partial charge in [-0.2, -0.15) is 4.98 Å². The number of carbonyl (C=O) groups is 1. The molecule has 1 amide bonds. The number of aryl methyl sites for hydroxylation is 2. The van der Waals surface area contributed by atoms with E-state index in [4.69, 9.17) is 4.52 Å². The molecule has 0 saturated carbocycles. The lowest BCUT2D eigenvalue weighted by atomic mass is 10.1. The highest BCUT2D eigenvalue weighted by Gasteiger charge is 2.14. The molecule has 0 aliphatic carbocycles. The molecule has 134 valence electrons. The lowest BCUT2D eigenvalue weighted by molar-refractivity contribution is 0.0945. The van der Waals surface area contributed by atoms with Gasteiger partial charge in [0.1, 0.15) is 5.69 Å². The molecule has 0 aliphatic rings. The van der Waals surface area contributed by atoms with Crippen LogP contribution in [-0.4, -0.2) is 26.0 Å². The van der Waals surface area contributed by atoms with E-state index in [1.54, 1.807) is 12.3 Å². The normalized spacial score (nSPS) is 10.9. The molecule has 0 aliphatic heterocycles. The van der Waals surface area contributed by atoms with Gasteiger partial charge in [0.05, 0.1) is 23.3 Å². The van der Waals surface area contributed by atoms with E-state index in [9.17, 15) is 4.79 Å². The molecule has 4 rings (SSSR count). The number of hydrogen-bond donors (Lipinski definition) is 1. The molecule has 3 aromatic heterocycles. The summed E-state index contributed by atoms with van der Waals surface area (Å²) in [6.07, 6.45) is 1.66. The fraction of sp³-hybridized carbons (Fsp3) is 0.150. The Morgan fingerprint density at radius 2 is 2.00 bits per heavy atom. The summed E-state index contributed by atoms with van der Waals surface area (Å²) in [6.45, 7) is 3.96. The van der Waals surface area contributed by atoms with Crippen LogP contribution in [0.4, 0.5) is 0 Å². The van der Waals surface area contributed by atoms with E-state index >= 15 is 0 Å². The third-order valence-corrected chi connectivity index (χ3v) is 4.17. The Morgan fingerprint density at radius 3 is 2.81 bits per heavy atom. The van der Waals surface area contributed by atoms with Gasteiger partial charge in [-0.3, -0.25) is 14.8 Å². The zero-order chi connectivity index (χ0) is 18.8. The van der Waals surface area contributed by atoms with Crippen LogP contribution in [-0.2, 0) is 6.54 Å². The van der Waals surface area contributed by atoms with Crippen molar-refractivity contribution in [2.75, 3.05) is 0 Å². The van der Waals surface area contributed by atoms with Gasteiger partial charge in [0.15, 0.2) is 0 Å². The van der Waals surface area contributed by atoms with Gasteiger partial charge in [0.25, 0.3) is 5.91 Å². The Bertz CT molecular complexity index is 1120. The van der Waals surface area contributed by atoms with Gasteiger partial charge in [-0.05, 0) is 44.2 Å². The first-order valence-electron chi connectivity index (χ1n) is 8.50. The highest BCUT2D eigenvalue weighted by Crippen LogP contribution is 2.18. The van der Waals surface area contributed by atoms with Crippen molar-refractivity contribution in [2.45, 2.75) is 20.4 Å². The van der Waals surface area contributed by atoms with Crippen molar-refractivity contribution < 1.29 is 9.32 Å². The molecule has 1 N–H and O–H groups in total. The number of amides is 1. The molecule has 7 nitrogen and oxygen atoms in total. The third kappa shape index (κ3) is 3.52. The summed E-state index contributed by atoms with van der Waals surface area (Å²) >= 11 is 0. The minimum Gasteiger partial charge on any atom is -0.343 e. The van der Waals surface area contributed by atoms with E-state index < -0.39 is 0 Å². The van der Waals surface area contributed by atoms with E-state index in [0.29, 0.717) is 28.7 Å². The molecule has 4 aromatic rings. The fourth-order valence-corrected chi connectivity index (χ4v) is 2.80. The van der Waals surface area contributed by atoms with Crippen molar-refractivity contribution in [3.05, 3.63) is 71.4 Å². The second-order valence-corrected chi connectivity index (χ2v) is 6.23. The van der Waals surface area contributed by atoms with E-state index in [-0.39, 0.29) is 12.5 Å². The van der Waals surface area contributed by atoms with Crippen LogP contribution < -0.4 is 5.32 Å². The maximum Gasteiger partial charge on any atom is 0.253 e. The topological polar surface area (TPSA) is 93.8 Å². The number of hydrogen-bond acceptors (Lipinski definition) is 6. The van der Waals surface area contributed by atoms with Crippen molar-refractivity contribution in [1.29, 1.82) is 0 Å². The lowest BCUT2D eigenvalue weighted by Crippen LogP contribution is -2.24. The average molecular weight is 359 g/mol. The number of fused-ring (bicyclic) bond motifs is 1. The lowest BCUT2D eigenvalue weighted by Gasteiger charge is -2.08. The van der Waals surface area contributed by atoms with Gasteiger partial charge in [0.2, 0.25) is 11.7 Å². The molecule has 0 saturated heterocycles. The van der Waals surface area contributed by atoms with E-state index in [0.717, 1.165) is 16.5 Å². The number of nitrogens with one attached hydrogen (secondary N) is 1. The minimum absolute atomic E-state index is 0.129.